The van der Waals surface area contributed by atoms with Crippen LogP contribution in [0.15, 0.2) is 66.7 Å². The molecule has 0 heterocycles. The molecular formula is C20H15Cl2NO2. The van der Waals surface area contributed by atoms with E-state index in [1.807, 2.05) is 31.2 Å². The normalized spacial score (nSPS) is 10.4. The van der Waals surface area contributed by atoms with Gasteiger partial charge in [-0.05, 0) is 67.1 Å². The number of amides is 1. The van der Waals surface area contributed by atoms with Gasteiger partial charge in [0.25, 0.3) is 5.91 Å². The number of aryl methyl sites for hydroxylation is 1. The molecule has 0 aromatic heterocycles. The Hall–Kier alpha value is -2.49. The van der Waals surface area contributed by atoms with Crippen molar-refractivity contribution >= 4 is 34.8 Å². The maximum absolute atomic E-state index is 12.3. The van der Waals surface area contributed by atoms with Crippen molar-refractivity contribution in [2.75, 3.05) is 5.32 Å². The first-order chi connectivity index (χ1) is 12.0. The second-order valence-corrected chi connectivity index (χ2v) is 6.36. The molecule has 3 aromatic rings. The molecule has 0 saturated heterocycles. The summed E-state index contributed by atoms with van der Waals surface area (Å²) in [5.41, 5.74) is 2.09. The maximum Gasteiger partial charge on any atom is 0.257 e. The van der Waals surface area contributed by atoms with E-state index in [0.717, 1.165) is 11.3 Å². The van der Waals surface area contributed by atoms with Crippen molar-refractivity contribution in [3.05, 3.63) is 87.9 Å². The lowest BCUT2D eigenvalue weighted by atomic mass is 10.2. The molecule has 0 bridgehead atoms. The average molecular weight is 372 g/mol. The lowest BCUT2D eigenvalue weighted by molar-refractivity contribution is 0.102. The number of ether oxygens (including phenoxy) is 1. The van der Waals surface area contributed by atoms with Crippen LogP contribution in [0.1, 0.15) is 15.9 Å². The van der Waals surface area contributed by atoms with E-state index in [0.29, 0.717) is 27.0 Å². The Morgan fingerprint density at radius 2 is 1.68 bits per heavy atom. The smallest absolute Gasteiger partial charge is 0.257 e. The van der Waals surface area contributed by atoms with Gasteiger partial charge in [-0.15, -0.1) is 0 Å². The van der Waals surface area contributed by atoms with Crippen molar-refractivity contribution in [3.8, 4) is 11.5 Å². The maximum atomic E-state index is 12.3. The zero-order valence-electron chi connectivity index (χ0n) is 13.4. The Morgan fingerprint density at radius 3 is 2.40 bits per heavy atom. The largest absolute Gasteiger partial charge is 0.457 e. The van der Waals surface area contributed by atoms with Gasteiger partial charge in [-0.3, -0.25) is 4.79 Å². The number of rotatable bonds is 4. The molecule has 5 heteroatoms. The van der Waals surface area contributed by atoms with E-state index in [1.165, 1.54) is 6.07 Å². The molecule has 0 spiro atoms. The molecule has 0 atom stereocenters. The lowest BCUT2D eigenvalue weighted by Crippen LogP contribution is -2.12. The molecule has 0 aliphatic carbocycles. The molecule has 3 aromatic carbocycles. The molecule has 0 aliphatic heterocycles. The van der Waals surface area contributed by atoms with Gasteiger partial charge in [-0.1, -0.05) is 35.3 Å². The van der Waals surface area contributed by atoms with E-state index in [9.17, 15) is 4.79 Å². The van der Waals surface area contributed by atoms with Gasteiger partial charge in [0.05, 0.1) is 10.6 Å². The number of hydrogen-bond acceptors (Lipinski definition) is 2. The van der Waals surface area contributed by atoms with Gasteiger partial charge in [0.1, 0.15) is 11.5 Å². The van der Waals surface area contributed by atoms with Crippen molar-refractivity contribution in [3.63, 3.8) is 0 Å². The van der Waals surface area contributed by atoms with E-state index in [2.05, 4.69) is 5.32 Å². The third-order valence-electron chi connectivity index (χ3n) is 3.51. The van der Waals surface area contributed by atoms with Gasteiger partial charge < -0.3 is 10.1 Å². The van der Waals surface area contributed by atoms with Crippen LogP contribution in [0, 0.1) is 6.92 Å². The van der Waals surface area contributed by atoms with E-state index in [-0.39, 0.29) is 5.91 Å². The Bertz CT molecular complexity index is 908. The highest BCUT2D eigenvalue weighted by Gasteiger charge is 2.11. The minimum absolute atomic E-state index is 0.320. The molecule has 126 valence electrons. The average Bonchev–Trinajstić information content (AvgIpc) is 2.59. The minimum Gasteiger partial charge on any atom is -0.457 e. The molecular weight excluding hydrogens is 357 g/mol. The van der Waals surface area contributed by atoms with Gasteiger partial charge in [0.15, 0.2) is 0 Å². The van der Waals surface area contributed by atoms with Crippen LogP contribution >= 0.6 is 23.2 Å². The molecule has 1 N–H and O–H groups in total. The monoisotopic (exact) mass is 371 g/mol. The number of nitrogens with one attached hydrogen (secondary N) is 1. The number of anilines is 1. The molecule has 0 saturated carbocycles. The predicted molar refractivity (Wildman–Crippen MR) is 102 cm³/mol. The van der Waals surface area contributed by atoms with E-state index >= 15 is 0 Å². The van der Waals surface area contributed by atoms with Crippen molar-refractivity contribution in [1.82, 2.24) is 0 Å². The fraction of sp³-hybridized carbons (Fsp3) is 0.0500. The number of carbonyl (C=O) groups is 1. The summed E-state index contributed by atoms with van der Waals surface area (Å²) in [6.07, 6.45) is 0. The topological polar surface area (TPSA) is 38.3 Å². The second kappa shape index (κ2) is 7.60. The third-order valence-corrected chi connectivity index (χ3v) is 4.08. The van der Waals surface area contributed by atoms with Gasteiger partial charge in [0.2, 0.25) is 0 Å². The van der Waals surface area contributed by atoms with Crippen LogP contribution in [0.4, 0.5) is 5.69 Å². The van der Waals surface area contributed by atoms with E-state index in [1.54, 1.807) is 36.4 Å². The fourth-order valence-electron chi connectivity index (χ4n) is 2.29. The van der Waals surface area contributed by atoms with E-state index < -0.39 is 0 Å². The van der Waals surface area contributed by atoms with Crippen LogP contribution in [0.2, 0.25) is 10.0 Å². The fourth-order valence-corrected chi connectivity index (χ4v) is 2.67. The zero-order valence-corrected chi connectivity index (χ0v) is 14.9. The summed E-state index contributed by atoms with van der Waals surface area (Å²) in [4.78, 5) is 12.3. The van der Waals surface area contributed by atoms with Crippen molar-refractivity contribution < 1.29 is 9.53 Å². The highest BCUT2D eigenvalue weighted by molar-refractivity contribution is 6.36. The summed E-state index contributed by atoms with van der Waals surface area (Å²) in [5, 5.41) is 3.59. The molecule has 0 radical (unpaired) electrons. The molecule has 0 fully saturated rings. The molecule has 3 rings (SSSR count). The Balaban J connectivity index is 1.70. The SMILES string of the molecule is Cc1cccc(Oc2ccc(NC(=O)c3cc(Cl)ccc3Cl)cc2)c1. The summed E-state index contributed by atoms with van der Waals surface area (Å²) in [6.45, 7) is 2.01. The third kappa shape index (κ3) is 4.53. The molecule has 3 nitrogen and oxygen atoms in total. The van der Waals surface area contributed by atoms with Crippen LogP contribution in [-0.2, 0) is 0 Å². The van der Waals surface area contributed by atoms with Gasteiger partial charge in [0, 0.05) is 10.7 Å². The Morgan fingerprint density at radius 1 is 0.920 bits per heavy atom. The number of benzene rings is 3. The number of halogens is 2. The minimum atomic E-state index is -0.320. The van der Waals surface area contributed by atoms with Crippen LogP contribution in [0.5, 0.6) is 11.5 Å². The van der Waals surface area contributed by atoms with Gasteiger partial charge in [-0.25, -0.2) is 0 Å². The standard InChI is InChI=1S/C20H15Cl2NO2/c1-13-3-2-4-17(11-13)25-16-8-6-15(7-9-16)23-20(24)18-12-14(21)5-10-19(18)22/h2-12H,1H3,(H,23,24). The molecule has 1 amide bonds. The van der Waals surface area contributed by atoms with Gasteiger partial charge >= 0.3 is 0 Å². The van der Waals surface area contributed by atoms with Crippen LogP contribution < -0.4 is 10.1 Å². The quantitative estimate of drug-likeness (QED) is 0.580. The Labute approximate surface area is 156 Å². The predicted octanol–water partition coefficient (Wildman–Crippen LogP) is 6.35. The summed E-state index contributed by atoms with van der Waals surface area (Å²) < 4.78 is 5.79. The number of hydrogen-bond donors (Lipinski definition) is 1. The second-order valence-electron chi connectivity index (χ2n) is 5.52. The van der Waals surface area contributed by atoms with Crippen LogP contribution in [-0.4, -0.2) is 5.91 Å². The molecule has 0 unspecified atom stereocenters. The van der Waals surface area contributed by atoms with Crippen molar-refractivity contribution in [1.29, 1.82) is 0 Å². The lowest BCUT2D eigenvalue weighted by Gasteiger charge is -2.09. The summed E-state index contributed by atoms with van der Waals surface area (Å²) >= 11 is 12.0. The first-order valence-corrected chi connectivity index (χ1v) is 8.38. The molecule has 0 aliphatic rings. The van der Waals surface area contributed by atoms with Gasteiger partial charge in [-0.2, -0.15) is 0 Å². The summed E-state index contributed by atoms with van der Waals surface area (Å²) in [7, 11) is 0. The van der Waals surface area contributed by atoms with Crippen molar-refractivity contribution in [2.45, 2.75) is 6.92 Å². The highest BCUT2D eigenvalue weighted by atomic mass is 35.5. The summed E-state index contributed by atoms with van der Waals surface area (Å²) in [5.74, 6) is 1.13. The van der Waals surface area contributed by atoms with Crippen LogP contribution in [0.25, 0.3) is 0 Å². The zero-order chi connectivity index (χ0) is 17.8. The molecule has 25 heavy (non-hydrogen) atoms. The Kier molecular flexibility index (Phi) is 5.27. The van der Waals surface area contributed by atoms with E-state index in [4.69, 9.17) is 27.9 Å². The number of carbonyl (C=O) groups excluding carboxylic acids is 1. The first kappa shape index (κ1) is 17.3. The van der Waals surface area contributed by atoms with Crippen LogP contribution in [0.3, 0.4) is 0 Å². The van der Waals surface area contributed by atoms with Crippen molar-refractivity contribution in [2.24, 2.45) is 0 Å². The first-order valence-electron chi connectivity index (χ1n) is 7.62. The highest BCUT2D eigenvalue weighted by Crippen LogP contribution is 2.25. The summed E-state index contributed by atoms with van der Waals surface area (Å²) in [6, 6.07) is 19.7.